The molecule has 3 aromatic rings. The quantitative estimate of drug-likeness (QED) is 0.773. The number of hydrogen-bond donors (Lipinski definition) is 1. The van der Waals surface area contributed by atoms with Crippen molar-refractivity contribution >= 4 is 22.9 Å². The minimum absolute atomic E-state index is 0.172. The van der Waals surface area contributed by atoms with Crippen LogP contribution >= 0.6 is 0 Å². The van der Waals surface area contributed by atoms with E-state index in [1.165, 1.54) is 0 Å². The van der Waals surface area contributed by atoms with Crippen LogP contribution in [-0.2, 0) is 0 Å². The Hall–Kier alpha value is -2.75. The van der Waals surface area contributed by atoms with Crippen LogP contribution in [0.15, 0.2) is 47.4 Å². The van der Waals surface area contributed by atoms with E-state index in [4.69, 9.17) is 0 Å². The van der Waals surface area contributed by atoms with Crippen LogP contribution in [0.5, 0.6) is 0 Å². The van der Waals surface area contributed by atoms with Crippen molar-refractivity contribution in [2.45, 2.75) is 6.92 Å². The molecule has 2 aromatic heterocycles. The maximum atomic E-state index is 11.7. The first-order valence-electron chi connectivity index (χ1n) is 6.32. The van der Waals surface area contributed by atoms with Crippen molar-refractivity contribution in [3.05, 3.63) is 69.9 Å². The Bertz CT molecular complexity index is 832. The van der Waals surface area contributed by atoms with Crippen molar-refractivity contribution in [1.29, 1.82) is 0 Å². The molecule has 0 radical (unpaired) electrons. The number of nitrogens with zero attached hydrogens (tertiary/aromatic N) is 2. The van der Waals surface area contributed by atoms with Gasteiger partial charge in [-0.15, -0.1) is 0 Å². The first-order chi connectivity index (χ1) is 9.74. The molecule has 0 aliphatic carbocycles. The fourth-order valence-corrected chi connectivity index (χ4v) is 2.02. The van der Waals surface area contributed by atoms with Crippen LogP contribution in [0.3, 0.4) is 0 Å². The predicted molar refractivity (Wildman–Crippen MR) is 80.3 cm³/mol. The molecule has 0 unspecified atom stereocenters. The zero-order valence-corrected chi connectivity index (χ0v) is 11.0. The van der Waals surface area contributed by atoms with Crippen molar-refractivity contribution < 1.29 is 0 Å². The average Bonchev–Trinajstić information content (AvgIpc) is 2.49. The van der Waals surface area contributed by atoms with E-state index in [9.17, 15) is 4.79 Å². The zero-order valence-electron chi connectivity index (χ0n) is 11.0. The number of hydrogen-bond acceptors (Lipinski definition) is 3. The molecule has 0 amide bonds. The highest BCUT2D eigenvalue weighted by Crippen LogP contribution is 2.15. The molecule has 3 rings (SSSR count). The standard InChI is InChI=1S/C16H13N3O/c1-11-6-7-12(10-17-11)8-9-15-13-4-2-3-5-14(13)16(20)19-18-15/h2-10H,1H3,(H,19,20)/b9-8-. The summed E-state index contributed by atoms with van der Waals surface area (Å²) in [7, 11) is 0. The van der Waals surface area contributed by atoms with Crippen LogP contribution < -0.4 is 5.56 Å². The summed E-state index contributed by atoms with van der Waals surface area (Å²) in [4.78, 5) is 15.9. The molecule has 0 atom stereocenters. The molecule has 98 valence electrons. The van der Waals surface area contributed by atoms with Crippen molar-refractivity contribution in [2.24, 2.45) is 0 Å². The topological polar surface area (TPSA) is 58.6 Å². The molecule has 0 saturated carbocycles. The van der Waals surface area contributed by atoms with Crippen LogP contribution in [0, 0.1) is 6.92 Å². The number of aromatic amines is 1. The summed E-state index contributed by atoms with van der Waals surface area (Å²) in [5.74, 6) is 0. The predicted octanol–water partition coefficient (Wildman–Crippen LogP) is 2.80. The van der Waals surface area contributed by atoms with Gasteiger partial charge in [0, 0.05) is 17.3 Å². The van der Waals surface area contributed by atoms with Gasteiger partial charge in [0.1, 0.15) is 0 Å². The summed E-state index contributed by atoms with van der Waals surface area (Å²) in [6, 6.07) is 11.4. The maximum absolute atomic E-state index is 11.7. The van der Waals surface area contributed by atoms with E-state index in [1.807, 2.05) is 49.4 Å². The molecule has 0 aliphatic rings. The molecule has 0 spiro atoms. The van der Waals surface area contributed by atoms with Crippen LogP contribution in [0.2, 0.25) is 0 Å². The van der Waals surface area contributed by atoms with E-state index in [0.29, 0.717) is 5.39 Å². The summed E-state index contributed by atoms with van der Waals surface area (Å²) >= 11 is 0. The SMILES string of the molecule is Cc1ccc(/C=C\c2n[nH]c(=O)c3ccccc23)cn1. The lowest BCUT2D eigenvalue weighted by Crippen LogP contribution is -2.09. The number of nitrogens with one attached hydrogen (secondary N) is 1. The van der Waals surface area contributed by atoms with E-state index < -0.39 is 0 Å². The molecule has 2 heterocycles. The number of benzene rings is 1. The number of pyridine rings is 1. The van der Waals surface area contributed by atoms with Gasteiger partial charge >= 0.3 is 0 Å². The van der Waals surface area contributed by atoms with Gasteiger partial charge in [0.25, 0.3) is 5.56 Å². The lowest BCUT2D eigenvalue weighted by Gasteiger charge is -2.00. The molecule has 0 fully saturated rings. The summed E-state index contributed by atoms with van der Waals surface area (Å²) in [5.41, 5.74) is 2.54. The van der Waals surface area contributed by atoms with E-state index in [2.05, 4.69) is 15.2 Å². The Kier molecular flexibility index (Phi) is 3.13. The zero-order chi connectivity index (χ0) is 13.9. The molecule has 1 aromatic carbocycles. The molecule has 20 heavy (non-hydrogen) atoms. The Balaban J connectivity index is 2.05. The van der Waals surface area contributed by atoms with E-state index in [0.717, 1.165) is 22.3 Å². The van der Waals surface area contributed by atoms with Crippen LogP contribution in [0.4, 0.5) is 0 Å². The lowest BCUT2D eigenvalue weighted by molar-refractivity contribution is 1.00. The highest BCUT2D eigenvalue weighted by atomic mass is 16.1. The van der Waals surface area contributed by atoms with Crippen LogP contribution in [-0.4, -0.2) is 15.2 Å². The second-order valence-corrected chi connectivity index (χ2v) is 4.55. The summed E-state index contributed by atoms with van der Waals surface area (Å²) in [5, 5.41) is 8.09. The number of fused-ring (bicyclic) bond motifs is 1. The van der Waals surface area contributed by atoms with Gasteiger partial charge in [-0.05, 0) is 30.7 Å². The summed E-state index contributed by atoms with van der Waals surface area (Å²) in [6.45, 7) is 1.95. The fraction of sp³-hybridized carbons (Fsp3) is 0.0625. The van der Waals surface area contributed by atoms with Crippen LogP contribution in [0.1, 0.15) is 17.0 Å². The Morgan fingerprint density at radius 1 is 1.05 bits per heavy atom. The molecule has 0 aliphatic heterocycles. The van der Waals surface area contributed by atoms with Gasteiger partial charge in [0.15, 0.2) is 0 Å². The third-order valence-corrected chi connectivity index (χ3v) is 3.09. The first-order valence-corrected chi connectivity index (χ1v) is 6.32. The van der Waals surface area contributed by atoms with Crippen molar-refractivity contribution in [1.82, 2.24) is 15.2 Å². The normalized spacial score (nSPS) is 11.2. The van der Waals surface area contributed by atoms with Gasteiger partial charge in [-0.1, -0.05) is 30.3 Å². The van der Waals surface area contributed by atoms with Gasteiger partial charge in [0.05, 0.1) is 11.1 Å². The molecule has 1 N–H and O–H groups in total. The third-order valence-electron chi connectivity index (χ3n) is 3.09. The molecular formula is C16H13N3O. The highest BCUT2D eigenvalue weighted by molar-refractivity contribution is 5.90. The van der Waals surface area contributed by atoms with Gasteiger partial charge in [0.2, 0.25) is 0 Å². The minimum Gasteiger partial charge on any atom is -0.267 e. The summed E-state index contributed by atoms with van der Waals surface area (Å²) < 4.78 is 0. The van der Waals surface area contributed by atoms with E-state index in [1.54, 1.807) is 12.3 Å². The average molecular weight is 263 g/mol. The van der Waals surface area contributed by atoms with E-state index >= 15 is 0 Å². The largest absolute Gasteiger partial charge is 0.272 e. The highest BCUT2D eigenvalue weighted by Gasteiger charge is 2.02. The van der Waals surface area contributed by atoms with Gasteiger partial charge in [-0.25, -0.2) is 5.10 Å². The molecule has 4 nitrogen and oxygen atoms in total. The minimum atomic E-state index is -0.172. The summed E-state index contributed by atoms with van der Waals surface area (Å²) in [6.07, 6.45) is 5.61. The monoisotopic (exact) mass is 263 g/mol. The van der Waals surface area contributed by atoms with Gasteiger partial charge < -0.3 is 0 Å². The number of H-pyrrole nitrogens is 1. The lowest BCUT2D eigenvalue weighted by atomic mass is 10.1. The fourth-order valence-electron chi connectivity index (χ4n) is 2.02. The Morgan fingerprint density at radius 2 is 1.85 bits per heavy atom. The smallest absolute Gasteiger partial charge is 0.267 e. The van der Waals surface area contributed by atoms with E-state index in [-0.39, 0.29) is 5.56 Å². The van der Waals surface area contributed by atoms with Crippen molar-refractivity contribution in [3.63, 3.8) is 0 Å². The third kappa shape index (κ3) is 2.36. The number of aryl methyl sites for hydroxylation is 1. The molecular weight excluding hydrogens is 250 g/mol. The number of rotatable bonds is 2. The molecule has 0 saturated heterocycles. The van der Waals surface area contributed by atoms with Crippen LogP contribution in [0.25, 0.3) is 22.9 Å². The second-order valence-electron chi connectivity index (χ2n) is 4.55. The van der Waals surface area contributed by atoms with Crippen molar-refractivity contribution in [3.8, 4) is 0 Å². The Morgan fingerprint density at radius 3 is 2.60 bits per heavy atom. The molecule has 0 bridgehead atoms. The number of aromatic nitrogens is 3. The second kappa shape index (κ2) is 5.09. The van der Waals surface area contributed by atoms with Gasteiger partial charge in [-0.3, -0.25) is 9.78 Å². The van der Waals surface area contributed by atoms with Crippen molar-refractivity contribution in [2.75, 3.05) is 0 Å². The first kappa shape index (κ1) is 12.3. The van der Waals surface area contributed by atoms with Gasteiger partial charge in [-0.2, -0.15) is 5.10 Å². The Labute approximate surface area is 115 Å². The molecule has 4 heteroatoms. The maximum Gasteiger partial charge on any atom is 0.272 e.